The molecule has 3 N–H and O–H groups in total. The number of halogens is 1. The average Bonchev–Trinajstić information content (AvgIpc) is 2.70. The molecule has 1 aromatic carbocycles. The maximum absolute atomic E-state index is 13.1. The Morgan fingerprint density at radius 3 is 2.89 bits per heavy atom. The molecule has 5 nitrogen and oxygen atoms in total. The predicted molar refractivity (Wildman–Crippen MR) is 65.2 cm³/mol. The number of carbonyl (C=O) groups is 1. The summed E-state index contributed by atoms with van der Waals surface area (Å²) in [5.41, 5.74) is 6.77. The predicted octanol–water partition coefficient (Wildman–Crippen LogP) is 1.07. The summed E-state index contributed by atoms with van der Waals surface area (Å²) in [5, 5.41) is 6.65. The van der Waals surface area contributed by atoms with Gasteiger partial charge in [0.25, 0.3) is 5.91 Å². The Morgan fingerprint density at radius 2 is 2.28 bits per heavy atom. The zero-order valence-electron chi connectivity index (χ0n) is 9.85. The number of hydrogen-bond donors (Lipinski definition) is 2. The molecule has 0 aliphatic rings. The Labute approximate surface area is 103 Å². The molecular weight excluding hydrogens is 235 g/mol. The number of benzene rings is 1. The molecule has 1 aromatic heterocycles. The Hall–Kier alpha value is -2.37. The minimum atomic E-state index is -0.526. The van der Waals surface area contributed by atoms with Gasteiger partial charge in [-0.25, -0.2) is 4.39 Å². The van der Waals surface area contributed by atoms with Gasteiger partial charge in [0.1, 0.15) is 5.82 Å². The summed E-state index contributed by atoms with van der Waals surface area (Å²) in [6, 6.07) is 3.74. The minimum absolute atomic E-state index is 0.205. The van der Waals surface area contributed by atoms with Crippen molar-refractivity contribution in [2.24, 2.45) is 7.05 Å². The molecule has 0 atom stereocenters. The second kappa shape index (κ2) is 4.87. The monoisotopic (exact) mass is 248 g/mol. The van der Waals surface area contributed by atoms with Gasteiger partial charge in [0.05, 0.1) is 6.20 Å². The normalized spacial score (nSPS) is 10.3. The summed E-state index contributed by atoms with van der Waals surface area (Å²) in [6.45, 7) is 0.336. The van der Waals surface area contributed by atoms with E-state index in [1.807, 2.05) is 0 Å². The van der Waals surface area contributed by atoms with Crippen LogP contribution in [0.15, 0.2) is 30.6 Å². The van der Waals surface area contributed by atoms with E-state index in [2.05, 4.69) is 10.4 Å². The van der Waals surface area contributed by atoms with Crippen LogP contribution >= 0.6 is 0 Å². The van der Waals surface area contributed by atoms with E-state index >= 15 is 0 Å². The summed E-state index contributed by atoms with van der Waals surface area (Å²) >= 11 is 0. The fraction of sp³-hybridized carbons (Fsp3) is 0.167. The SMILES string of the molecule is Cn1cc(CNC(=O)c2cc(N)cc(F)c2)cn1. The van der Waals surface area contributed by atoms with Crippen molar-refractivity contribution in [3.05, 3.63) is 47.5 Å². The molecule has 0 radical (unpaired) electrons. The maximum Gasteiger partial charge on any atom is 0.251 e. The van der Waals surface area contributed by atoms with Crippen molar-refractivity contribution in [3.63, 3.8) is 0 Å². The van der Waals surface area contributed by atoms with Crippen LogP contribution in [-0.4, -0.2) is 15.7 Å². The van der Waals surface area contributed by atoms with Gasteiger partial charge in [0, 0.05) is 36.6 Å². The quantitative estimate of drug-likeness (QED) is 0.798. The summed E-state index contributed by atoms with van der Waals surface area (Å²) in [5.74, 6) is -0.897. The van der Waals surface area contributed by atoms with Gasteiger partial charge < -0.3 is 11.1 Å². The molecule has 1 amide bonds. The number of nitrogens with one attached hydrogen (secondary N) is 1. The Morgan fingerprint density at radius 1 is 1.50 bits per heavy atom. The lowest BCUT2D eigenvalue weighted by Gasteiger charge is -2.04. The molecule has 1 heterocycles. The van der Waals surface area contributed by atoms with E-state index in [1.165, 1.54) is 6.07 Å². The number of aromatic nitrogens is 2. The van der Waals surface area contributed by atoms with E-state index in [0.717, 1.165) is 17.7 Å². The number of hydrogen-bond acceptors (Lipinski definition) is 3. The first-order valence-corrected chi connectivity index (χ1v) is 5.36. The molecule has 0 bridgehead atoms. The van der Waals surface area contributed by atoms with E-state index in [0.29, 0.717) is 6.54 Å². The molecule has 0 fully saturated rings. The smallest absolute Gasteiger partial charge is 0.251 e. The third kappa shape index (κ3) is 2.85. The van der Waals surface area contributed by atoms with Crippen LogP contribution in [0.3, 0.4) is 0 Å². The Bertz CT molecular complexity index is 559. The topological polar surface area (TPSA) is 72.9 Å². The number of nitrogen functional groups attached to an aromatic ring is 1. The van der Waals surface area contributed by atoms with Gasteiger partial charge in [0.15, 0.2) is 0 Å². The van der Waals surface area contributed by atoms with Crippen LogP contribution in [0.5, 0.6) is 0 Å². The molecule has 0 unspecified atom stereocenters. The van der Waals surface area contributed by atoms with Crippen LogP contribution < -0.4 is 11.1 Å². The average molecular weight is 248 g/mol. The molecule has 0 saturated heterocycles. The molecule has 0 aliphatic carbocycles. The number of amides is 1. The molecule has 94 valence electrons. The highest BCUT2D eigenvalue weighted by atomic mass is 19.1. The number of nitrogens with two attached hydrogens (primary N) is 1. The van der Waals surface area contributed by atoms with Gasteiger partial charge in [-0.3, -0.25) is 9.48 Å². The fourth-order valence-corrected chi connectivity index (χ4v) is 1.59. The lowest BCUT2D eigenvalue weighted by molar-refractivity contribution is 0.0950. The molecule has 0 spiro atoms. The first kappa shape index (κ1) is 12.1. The first-order chi connectivity index (χ1) is 8.54. The Balaban J connectivity index is 2.03. The number of nitrogens with zero attached hydrogens (tertiary/aromatic N) is 2. The van der Waals surface area contributed by atoms with Crippen molar-refractivity contribution in [1.82, 2.24) is 15.1 Å². The van der Waals surface area contributed by atoms with Crippen LogP contribution in [0.25, 0.3) is 0 Å². The third-order valence-corrected chi connectivity index (χ3v) is 2.39. The van der Waals surface area contributed by atoms with Crippen molar-refractivity contribution >= 4 is 11.6 Å². The van der Waals surface area contributed by atoms with Gasteiger partial charge >= 0.3 is 0 Å². The number of anilines is 1. The van der Waals surface area contributed by atoms with Gasteiger partial charge in [-0.05, 0) is 18.2 Å². The summed E-state index contributed by atoms with van der Waals surface area (Å²) < 4.78 is 14.7. The van der Waals surface area contributed by atoms with Crippen molar-refractivity contribution < 1.29 is 9.18 Å². The van der Waals surface area contributed by atoms with E-state index < -0.39 is 5.82 Å². The minimum Gasteiger partial charge on any atom is -0.399 e. The summed E-state index contributed by atoms with van der Waals surface area (Å²) in [4.78, 5) is 11.8. The number of rotatable bonds is 3. The highest BCUT2D eigenvalue weighted by Gasteiger charge is 2.08. The van der Waals surface area contributed by atoms with Crippen molar-refractivity contribution in [2.45, 2.75) is 6.54 Å². The van der Waals surface area contributed by atoms with Gasteiger partial charge in [-0.15, -0.1) is 0 Å². The molecular formula is C12H13FN4O. The summed E-state index contributed by atoms with van der Waals surface area (Å²) in [7, 11) is 1.79. The fourth-order valence-electron chi connectivity index (χ4n) is 1.59. The third-order valence-electron chi connectivity index (χ3n) is 2.39. The van der Waals surface area contributed by atoms with Crippen molar-refractivity contribution in [2.75, 3.05) is 5.73 Å². The van der Waals surface area contributed by atoms with E-state index in [1.54, 1.807) is 24.1 Å². The molecule has 18 heavy (non-hydrogen) atoms. The second-order valence-corrected chi connectivity index (χ2v) is 3.98. The van der Waals surface area contributed by atoms with E-state index in [4.69, 9.17) is 5.73 Å². The van der Waals surface area contributed by atoms with Crippen LogP contribution in [0.4, 0.5) is 10.1 Å². The van der Waals surface area contributed by atoms with Crippen molar-refractivity contribution in [1.29, 1.82) is 0 Å². The lowest BCUT2D eigenvalue weighted by atomic mass is 10.2. The van der Waals surface area contributed by atoms with Crippen molar-refractivity contribution in [3.8, 4) is 0 Å². The molecule has 2 rings (SSSR count). The van der Waals surface area contributed by atoms with Crippen LogP contribution in [0, 0.1) is 5.82 Å². The zero-order chi connectivity index (χ0) is 13.1. The first-order valence-electron chi connectivity index (χ1n) is 5.36. The van der Waals surface area contributed by atoms with E-state index in [-0.39, 0.29) is 17.2 Å². The summed E-state index contributed by atoms with van der Waals surface area (Å²) in [6.07, 6.45) is 3.44. The zero-order valence-corrected chi connectivity index (χ0v) is 9.85. The standard InChI is InChI=1S/C12H13FN4O/c1-17-7-8(6-16-17)5-15-12(18)9-2-10(13)4-11(14)3-9/h2-4,6-7H,5,14H2,1H3,(H,15,18). The highest BCUT2D eigenvalue weighted by molar-refractivity contribution is 5.94. The Kier molecular flexibility index (Phi) is 3.27. The van der Waals surface area contributed by atoms with E-state index in [9.17, 15) is 9.18 Å². The van der Waals surface area contributed by atoms with Gasteiger partial charge in [-0.2, -0.15) is 5.10 Å². The molecule has 0 aliphatic heterocycles. The molecule has 0 saturated carbocycles. The number of aryl methyl sites for hydroxylation is 1. The van der Waals surface area contributed by atoms with Gasteiger partial charge in [-0.1, -0.05) is 0 Å². The number of carbonyl (C=O) groups excluding carboxylic acids is 1. The highest BCUT2D eigenvalue weighted by Crippen LogP contribution is 2.10. The lowest BCUT2D eigenvalue weighted by Crippen LogP contribution is -2.22. The van der Waals surface area contributed by atoms with Crippen LogP contribution in [-0.2, 0) is 13.6 Å². The van der Waals surface area contributed by atoms with Crippen LogP contribution in [0.1, 0.15) is 15.9 Å². The largest absolute Gasteiger partial charge is 0.399 e. The molecule has 6 heteroatoms. The second-order valence-electron chi connectivity index (χ2n) is 3.98. The molecule has 2 aromatic rings. The van der Waals surface area contributed by atoms with Gasteiger partial charge in [0.2, 0.25) is 0 Å². The maximum atomic E-state index is 13.1. The van der Waals surface area contributed by atoms with Crippen LogP contribution in [0.2, 0.25) is 0 Å².